The van der Waals surface area contributed by atoms with Gasteiger partial charge in [-0.15, -0.1) is 0 Å². The first kappa shape index (κ1) is 22.4. The van der Waals surface area contributed by atoms with Gasteiger partial charge >= 0.3 is 0 Å². The van der Waals surface area contributed by atoms with E-state index in [-0.39, 0.29) is 37.2 Å². The van der Waals surface area contributed by atoms with Crippen molar-refractivity contribution in [3.05, 3.63) is 59.3 Å². The number of amides is 1. The Morgan fingerprint density at radius 2 is 2.14 bits per heavy atom. The Balaban J connectivity index is 1.20. The van der Waals surface area contributed by atoms with Crippen molar-refractivity contribution in [2.75, 3.05) is 19.8 Å². The fraction of sp³-hybridized carbons (Fsp3) is 0.370. The van der Waals surface area contributed by atoms with Crippen LogP contribution in [0, 0.1) is 11.3 Å². The first-order chi connectivity index (χ1) is 17.6. The highest BCUT2D eigenvalue weighted by Crippen LogP contribution is 2.50. The lowest BCUT2D eigenvalue weighted by Gasteiger charge is -2.46. The summed E-state index contributed by atoms with van der Waals surface area (Å²) in [5.74, 6) is 0.469. The van der Waals surface area contributed by atoms with Gasteiger partial charge < -0.3 is 14.4 Å². The molecule has 1 amide bonds. The van der Waals surface area contributed by atoms with Crippen molar-refractivity contribution >= 4 is 28.8 Å². The number of pyridine rings is 1. The van der Waals surface area contributed by atoms with Gasteiger partial charge in [-0.1, -0.05) is 35.9 Å². The van der Waals surface area contributed by atoms with E-state index in [1.54, 1.807) is 17.2 Å². The Kier molecular flexibility index (Phi) is 5.53. The highest BCUT2D eigenvalue weighted by molar-refractivity contribution is 5.97. The molecule has 9 nitrogen and oxygen atoms in total. The van der Waals surface area contributed by atoms with Crippen LogP contribution in [0.5, 0.6) is 5.88 Å². The fourth-order valence-corrected chi connectivity index (χ4v) is 5.57. The smallest absolute Gasteiger partial charge is 0.227 e. The lowest BCUT2D eigenvalue weighted by Crippen LogP contribution is -2.53. The number of nitrogens with zero attached hydrogens (tertiary/aromatic N) is 4. The summed E-state index contributed by atoms with van der Waals surface area (Å²) in [6.45, 7) is 1.02. The summed E-state index contributed by atoms with van der Waals surface area (Å²) >= 11 is 0. The highest BCUT2D eigenvalue weighted by atomic mass is 16.5. The molecule has 0 radical (unpaired) electrons. The number of rotatable bonds is 4. The van der Waals surface area contributed by atoms with Crippen LogP contribution in [-0.2, 0) is 19.7 Å². The largest absolute Gasteiger partial charge is 0.474 e. The van der Waals surface area contributed by atoms with Crippen molar-refractivity contribution in [3.63, 3.8) is 0 Å². The predicted octanol–water partition coefficient (Wildman–Crippen LogP) is 2.93. The predicted molar refractivity (Wildman–Crippen MR) is 130 cm³/mol. The molecule has 182 valence electrons. The fourth-order valence-electron chi connectivity index (χ4n) is 5.57. The van der Waals surface area contributed by atoms with Crippen LogP contribution in [0.25, 0.3) is 17.1 Å². The van der Waals surface area contributed by atoms with E-state index in [0.717, 1.165) is 27.7 Å². The molecule has 1 N–H and O–H groups in total. The second-order valence-corrected chi connectivity index (χ2v) is 9.66. The molecule has 6 rings (SSSR count). The van der Waals surface area contributed by atoms with E-state index in [1.807, 2.05) is 36.4 Å². The average Bonchev–Trinajstić information content (AvgIpc) is 3.29. The summed E-state index contributed by atoms with van der Waals surface area (Å²) in [4.78, 5) is 32.8. The Bertz CT molecular complexity index is 1410. The number of benzene rings is 1. The van der Waals surface area contributed by atoms with Gasteiger partial charge in [-0.05, 0) is 17.2 Å². The first-order valence-electron chi connectivity index (χ1n) is 12.1. The topological polar surface area (TPSA) is 121 Å². The van der Waals surface area contributed by atoms with Gasteiger partial charge in [-0.3, -0.25) is 14.7 Å². The quantitative estimate of drug-likeness (QED) is 0.606. The van der Waals surface area contributed by atoms with Crippen LogP contribution >= 0.6 is 0 Å². The van der Waals surface area contributed by atoms with Crippen LogP contribution < -0.4 is 4.74 Å². The monoisotopic (exact) mass is 483 g/mol. The number of fused-ring (bicyclic) bond motifs is 3. The molecule has 1 spiro atoms. The molecular weight excluding hydrogens is 458 g/mol. The molecule has 2 aromatic heterocycles. The lowest BCUT2D eigenvalue weighted by molar-refractivity contribution is -0.137. The molecule has 1 atom stereocenters. The van der Waals surface area contributed by atoms with Crippen molar-refractivity contribution in [1.29, 1.82) is 5.26 Å². The van der Waals surface area contributed by atoms with Crippen molar-refractivity contribution in [1.82, 2.24) is 20.1 Å². The summed E-state index contributed by atoms with van der Waals surface area (Å²) in [7, 11) is 0. The minimum atomic E-state index is -0.642. The van der Waals surface area contributed by atoms with Gasteiger partial charge in [0, 0.05) is 38.3 Å². The van der Waals surface area contributed by atoms with Crippen LogP contribution in [0.2, 0.25) is 0 Å². The van der Waals surface area contributed by atoms with Crippen molar-refractivity contribution < 1.29 is 19.1 Å². The molecule has 9 heteroatoms. The number of ketones is 1. The van der Waals surface area contributed by atoms with Gasteiger partial charge in [-0.2, -0.15) is 10.4 Å². The number of aromatic amines is 1. The van der Waals surface area contributed by atoms with E-state index in [2.05, 4.69) is 21.3 Å². The molecule has 1 unspecified atom stereocenters. The zero-order valence-corrected chi connectivity index (χ0v) is 19.6. The number of H-pyrrole nitrogens is 1. The summed E-state index contributed by atoms with van der Waals surface area (Å²) in [6.07, 6.45) is 4.93. The van der Waals surface area contributed by atoms with Crippen LogP contribution in [0.3, 0.4) is 0 Å². The number of ether oxygens (including phenoxy) is 2. The molecule has 1 aromatic carbocycles. The molecule has 36 heavy (non-hydrogen) atoms. The first-order valence-corrected chi connectivity index (χ1v) is 12.1. The maximum atomic E-state index is 13.7. The van der Waals surface area contributed by atoms with E-state index in [1.165, 1.54) is 0 Å². The third kappa shape index (κ3) is 3.84. The minimum absolute atomic E-state index is 0.100. The second kappa shape index (κ2) is 8.88. The normalized spacial score (nSPS) is 25.5. The van der Waals surface area contributed by atoms with Gasteiger partial charge in [0.25, 0.3) is 0 Å². The number of nitrogens with one attached hydrogen (secondary N) is 1. The SMILES string of the molecule is N#CC1COCCN1C(=O)CC1=Cc2ccccc2C2(CC(Oc3ccc4[nH]ncc4n3)C2)C(=O)C1. The molecule has 1 aliphatic heterocycles. The van der Waals surface area contributed by atoms with Gasteiger partial charge in [0.15, 0.2) is 0 Å². The zero-order valence-electron chi connectivity index (χ0n) is 19.6. The number of morpholine rings is 1. The molecule has 3 heterocycles. The standard InChI is InChI=1S/C27H25N5O4/c28-14-19-16-35-8-7-32(19)26(34)11-17-9-18-3-1-2-4-21(18)27(24(33)10-17)12-20(13-27)36-25-6-5-22-23(30-25)15-29-31-22/h1-6,9,15,19-20H,7-8,10-13,16H2,(H,29,31). The third-order valence-corrected chi connectivity index (χ3v) is 7.44. The number of aromatic nitrogens is 3. The van der Waals surface area contributed by atoms with Gasteiger partial charge in [0.05, 0.1) is 36.4 Å². The third-order valence-electron chi connectivity index (χ3n) is 7.44. The molecule has 3 aromatic rings. The number of hydrogen-bond donors (Lipinski definition) is 1. The number of nitriles is 1. The molecule has 2 fully saturated rings. The van der Waals surface area contributed by atoms with Gasteiger partial charge in [-0.25, -0.2) is 4.98 Å². The van der Waals surface area contributed by atoms with Crippen LogP contribution in [-0.4, -0.2) is 63.7 Å². The summed E-state index contributed by atoms with van der Waals surface area (Å²) in [6, 6.07) is 13.1. The maximum Gasteiger partial charge on any atom is 0.227 e. The van der Waals surface area contributed by atoms with Gasteiger partial charge in [0.1, 0.15) is 23.4 Å². The van der Waals surface area contributed by atoms with Crippen LogP contribution in [0.1, 0.15) is 36.8 Å². The summed E-state index contributed by atoms with van der Waals surface area (Å²) in [5.41, 5.74) is 3.64. The number of hydrogen-bond acceptors (Lipinski definition) is 7. The minimum Gasteiger partial charge on any atom is -0.474 e. The van der Waals surface area contributed by atoms with Crippen molar-refractivity contribution in [3.8, 4) is 11.9 Å². The number of carbonyl (C=O) groups excluding carboxylic acids is 2. The Morgan fingerprint density at radius 3 is 3.00 bits per heavy atom. The van der Waals surface area contributed by atoms with Crippen LogP contribution in [0.4, 0.5) is 0 Å². The zero-order chi connectivity index (χ0) is 24.7. The lowest BCUT2D eigenvalue weighted by atomic mass is 9.59. The van der Waals surface area contributed by atoms with E-state index in [0.29, 0.717) is 31.9 Å². The molecule has 2 aliphatic carbocycles. The maximum absolute atomic E-state index is 13.7. The van der Waals surface area contributed by atoms with E-state index in [9.17, 15) is 14.9 Å². The van der Waals surface area contributed by atoms with Gasteiger partial charge in [0.2, 0.25) is 11.8 Å². The second-order valence-electron chi connectivity index (χ2n) is 9.66. The Hall–Kier alpha value is -4.03. The van der Waals surface area contributed by atoms with Crippen LogP contribution in [0.15, 0.2) is 48.2 Å². The molecule has 3 aliphatic rings. The summed E-state index contributed by atoms with van der Waals surface area (Å²) < 4.78 is 11.5. The average molecular weight is 484 g/mol. The Labute approximate surface area is 207 Å². The highest BCUT2D eigenvalue weighted by Gasteiger charge is 2.53. The van der Waals surface area contributed by atoms with Crippen molar-refractivity contribution in [2.45, 2.75) is 43.2 Å². The molecule has 0 bridgehead atoms. The number of Topliss-reactive ketones (excluding diaryl/α,β-unsaturated/α-hetero) is 1. The molecular formula is C27H25N5O4. The van der Waals surface area contributed by atoms with E-state index >= 15 is 0 Å². The van der Waals surface area contributed by atoms with E-state index < -0.39 is 11.5 Å². The molecule has 1 saturated heterocycles. The molecule has 1 saturated carbocycles. The summed E-state index contributed by atoms with van der Waals surface area (Å²) in [5, 5.41) is 16.3. The van der Waals surface area contributed by atoms with Crippen molar-refractivity contribution in [2.24, 2.45) is 0 Å². The van der Waals surface area contributed by atoms with E-state index in [4.69, 9.17) is 9.47 Å². The number of carbonyl (C=O) groups is 2. The Morgan fingerprint density at radius 1 is 1.28 bits per heavy atom.